The Morgan fingerprint density at radius 1 is 1.31 bits per heavy atom. The van der Waals surface area contributed by atoms with Gasteiger partial charge in [-0.15, -0.1) is 5.10 Å². The molecular formula is C12H22N4. The molecule has 4 nitrogen and oxygen atoms in total. The minimum absolute atomic E-state index is 0.142. The molecule has 3 N–H and O–H groups in total. The highest BCUT2D eigenvalue weighted by Gasteiger charge is 2.15. The number of hydrogen-bond donors (Lipinski definition) is 2. The van der Waals surface area contributed by atoms with Crippen LogP contribution in [0.5, 0.6) is 0 Å². The van der Waals surface area contributed by atoms with Gasteiger partial charge in [-0.3, -0.25) is 0 Å². The lowest BCUT2D eigenvalue weighted by molar-refractivity contribution is 0.344. The Labute approximate surface area is 97.6 Å². The van der Waals surface area contributed by atoms with Crippen LogP contribution < -0.4 is 11.1 Å². The summed E-state index contributed by atoms with van der Waals surface area (Å²) in [7, 11) is 0. The van der Waals surface area contributed by atoms with Gasteiger partial charge in [0.25, 0.3) is 0 Å². The third kappa shape index (κ3) is 5.07. The van der Waals surface area contributed by atoms with E-state index in [2.05, 4.69) is 36.3 Å². The average molecular weight is 222 g/mol. The molecule has 16 heavy (non-hydrogen) atoms. The zero-order valence-corrected chi connectivity index (χ0v) is 10.6. The fourth-order valence-electron chi connectivity index (χ4n) is 1.59. The lowest BCUT2D eigenvalue weighted by Crippen LogP contribution is -2.33. The molecule has 1 aromatic heterocycles. The molecule has 0 radical (unpaired) electrons. The summed E-state index contributed by atoms with van der Waals surface area (Å²) >= 11 is 0. The third-order valence-corrected chi connectivity index (χ3v) is 2.22. The lowest BCUT2D eigenvalue weighted by atomic mass is 9.88. The van der Waals surface area contributed by atoms with Crippen LogP contribution in [0, 0.1) is 12.3 Å². The molecule has 0 bridgehead atoms. The first-order valence-corrected chi connectivity index (χ1v) is 5.66. The van der Waals surface area contributed by atoms with Gasteiger partial charge in [0.05, 0.1) is 5.69 Å². The van der Waals surface area contributed by atoms with Gasteiger partial charge in [0.15, 0.2) is 0 Å². The predicted octanol–water partition coefficient (Wildman–Crippen LogP) is 1.96. The van der Waals surface area contributed by atoms with Crippen LogP contribution in [0.15, 0.2) is 12.1 Å². The first-order chi connectivity index (χ1) is 7.37. The Morgan fingerprint density at radius 3 is 2.50 bits per heavy atom. The van der Waals surface area contributed by atoms with Gasteiger partial charge in [-0.2, -0.15) is 5.10 Å². The summed E-state index contributed by atoms with van der Waals surface area (Å²) in [4.78, 5) is 0. The van der Waals surface area contributed by atoms with Gasteiger partial charge in [0.2, 0.25) is 0 Å². The van der Waals surface area contributed by atoms with Crippen molar-refractivity contribution in [3.05, 3.63) is 17.8 Å². The summed E-state index contributed by atoms with van der Waals surface area (Å²) in [5.74, 6) is 0.787. The zero-order chi connectivity index (χ0) is 12.2. The molecule has 1 unspecified atom stereocenters. The Hall–Kier alpha value is -1.16. The zero-order valence-electron chi connectivity index (χ0n) is 10.6. The predicted molar refractivity (Wildman–Crippen MR) is 67.3 cm³/mol. The van der Waals surface area contributed by atoms with Gasteiger partial charge >= 0.3 is 0 Å². The standard InChI is InChI=1S/C12H22N4/c1-9-5-6-11(16-15-9)14-8-10(13)7-12(2,3)4/h5-6,10H,7-8,13H2,1-4H3,(H,14,16). The summed E-state index contributed by atoms with van der Waals surface area (Å²) in [5, 5.41) is 11.2. The van der Waals surface area contributed by atoms with Crippen LogP contribution in [0.4, 0.5) is 5.82 Å². The first kappa shape index (κ1) is 12.9. The minimum atomic E-state index is 0.142. The molecule has 0 amide bonds. The second-order valence-electron chi connectivity index (χ2n) is 5.47. The van der Waals surface area contributed by atoms with Crippen molar-refractivity contribution < 1.29 is 0 Å². The van der Waals surface area contributed by atoms with Crippen molar-refractivity contribution in [2.45, 2.75) is 40.2 Å². The summed E-state index contributed by atoms with van der Waals surface area (Å²) in [6, 6.07) is 4.00. The number of nitrogens with two attached hydrogens (primary N) is 1. The number of aryl methyl sites for hydroxylation is 1. The summed E-state index contributed by atoms with van der Waals surface area (Å²) in [6.45, 7) is 9.23. The maximum absolute atomic E-state index is 6.03. The van der Waals surface area contributed by atoms with Gasteiger partial charge in [-0.05, 0) is 30.9 Å². The van der Waals surface area contributed by atoms with E-state index in [4.69, 9.17) is 5.73 Å². The molecule has 1 rings (SSSR count). The van der Waals surface area contributed by atoms with Gasteiger partial charge < -0.3 is 11.1 Å². The molecule has 4 heteroatoms. The van der Waals surface area contributed by atoms with E-state index in [1.807, 2.05) is 19.1 Å². The Morgan fingerprint density at radius 2 is 2.00 bits per heavy atom. The van der Waals surface area contributed by atoms with Crippen LogP contribution in [0.2, 0.25) is 0 Å². The highest BCUT2D eigenvalue weighted by Crippen LogP contribution is 2.19. The topological polar surface area (TPSA) is 63.8 Å². The molecule has 1 atom stereocenters. The van der Waals surface area contributed by atoms with Crippen molar-refractivity contribution in [3.63, 3.8) is 0 Å². The van der Waals surface area contributed by atoms with Crippen molar-refractivity contribution in [1.29, 1.82) is 0 Å². The second kappa shape index (κ2) is 5.25. The Bertz CT molecular complexity index is 313. The smallest absolute Gasteiger partial charge is 0.148 e. The van der Waals surface area contributed by atoms with Crippen LogP contribution in [0.25, 0.3) is 0 Å². The largest absolute Gasteiger partial charge is 0.367 e. The molecular weight excluding hydrogens is 200 g/mol. The molecule has 1 heterocycles. The lowest BCUT2D eigenvalue weighted by Gasteiger charge is -2.23. The normalized spacial score (nSPS) is 13.6. The molecule has 1 aromatic rings. The van der Waals surface area contributed by atoms with E-state index >= 15 is 0 Å². The second-order valence-corrected chi connectivity index (χ2v) is 5.47. The molecule has 0 fully saturated rings. The SMILES string of the molecule is Cc1ccc(NCC(N)CC(C)(C)C)nn1. The molecule has 0 aliphatic heterocycles. The highest BCUT2D eigenvalue weighted by atomic mass is 15.2. The van der Waals surface area contributed by atoms with E-state index in [9.17, 15) is 0 Å². The summed E-state index contributed by atoms with van der Waals surface area (Å²) in [5.41, 5.74) is 7.21. The van der Waals surface area contributed by atoms with Crippen molar-refractivity contribution in [1.82, 2.24) is 10.2 Å². The molecule has 0 aromatic carbocycles. The van der Waals surface area contributed by atoms with E-state index < -0.39 is 0 Å². The van der Waals surface area contributed by atoms with Crippen LogP contribution in [-0.4, -0.2) is 22.8 Å². The molecule has 0 aliphatic carbocycles. The molecule has 0 aliphatic rings. The van der Waals surface area contributed by atoms with Crippen LogP contribution in [0.3, 0.4) is 0 Å². The van der Waals surface area contributed by atoms with Gasteiger partial charge in [0, 0.05) is 12.6 Å². The quantitative estimate of drug-likeness (QED) is 0.817. The maximum Gasteiger partial charge on any atom is 0.148 e. The molecule has 0 saturated heterocycles. The average Bonchev–Trinajstić information content (AvgIpc) is 2.14. The summed E-state index contributed by atoms with van der Waals surface area (Å²) < 4.78 is 0. The van der Waals surface area contributed by atoms with E-state index in [1.54, 1.807) is 0 Å². The highest BCUT2D eigenvalue weighted by molar-refractivity contribution is 5.32. The van der Waals surface area contributed by atoms with Gasteiger partial charge in [0.1, 0.15) is 5.82 Å². The fourth-order valence-corrected chi connectivity index (χ4v) is 1.59. The molecule has 90 valence electrons. The van der Waals surface area contributed by atoms with E-state index in [0.717, 1.165) is 24.5 Å². The van der Waals surface area contributed by atoms with Crippen molar-refractivity contribution in [2.24, 2.45) is 11.1 Å². The number of hydrogen-bond acceptors (Lipinski definition) is 4. The minimum Gasteiger partial charge on any atom is -0.367 e. The first-order valence-electron chi connectivity index (χ1n) is 5.66. The van der Waals surface area contributed by atoms with Crippen molar-refractivity contribution in [3.8, 4) is 0 Å². The van der Waals surface area contributed by atoms with Gasteiger partial charge in [-0.1, -0.05) is 20.8 Å². The Balaban J connectivity index is 2.37. The molecule has 0 spiro atoms. The van der Waals surface area contributed by atoms with Crippen LogP contribution in [-0.2, 0) is 0 Å². The third-order valence-electron chi connectivity index (χ3n) is 2.22. The maximum atomic E-state index is 6.03. The van der Waals surface area contributed by atoms with Crippen molar-refractivity contribution in [2.75, 3.05) is 11.9 Å². The van der Waals surface area contributed by atoms with Crippen molar-refractivity contribution >= 4 is 5.82 Å². The van der Waals surface area contributed by atoms with E-state index in [1.165, 1.54) is 0 Å². The summed E-state index contributed by atoms with van der Waals surface area (Å²) in [6.07, 6.45) is 0.985. The van der Waals surface area contributed by atoms with Gasteiger partial charge in [-0.25, -0.2) is 0 Å². The number of aromatic nitrogens is 2. The Kier molecular flexibility index (Phi) is 4.24. The number of nitrogens with zero attached hydrogens (tertiary/aromatic N) is 2. The molecule has 0 saturated carbocycles. The van der Waals surface area contributed by atoms with Crippen LogP contribution >= 0.6 is 0 Å². The monoisotopic (exact) mass is 222 g/mol. The number of rotatable bonds is 4. The van der Waals surface area contributed by atoms with Crippen LogP contribution in [0.1, 0.15) is 32.9 Å². The van der Waals surface area contributed by atoms with E-state index in [-0.39, 0.29) is 11.5 Å². The van der Waals surface area contributed by atoms with E-state index in [0.29, 0.717) is 0 Å². The fraction of sp³-hybridized carbons (Fsp3) is 0.667. The number of nitrogens with one attached hydrogen (secondary N) is 1. The number of anilines is 1.